The van der Waals surface area contributed by atoms with Crippen molar-refractivity contribution in [3.63, 3.8) is 0 Å². The largest absolute Gasteiger partial charge is 0.370 e. The minimum absolute atomic E-state index is 0.654. The maximum absolute atomic E-state index is 3.25. The van der Waals surface area contributed by atoms with Gasteiger partial charge in [-0.15, -0.1) is 11.8 Å². The summed E-state index contributed by atoms with van der Waals surface area (Å²) in [5, 5.41) is 3.25. The van der Waals surface area contributed by atoms with Crippen molar-refractivity contribution in [2.24, 2.45) is 0 Å². The first kappa shape index (κ1) is 12.8. The van der Waals surface area contributed by atoms with Gasteiger partial charge in [-0.25, -0.2) is 0 Å². The molecule has 2 nitrogen and oxygen atoms in total. The SMILES string of the molecule is CNCCC1CSc2c(C)cc(C)cc2N1C. The quantitative estimate of drug-likeness (QED) is 0.888. The van der Waals surface area contributed by atoms with Crippen LogP contribution >= 0.6 is 11.8 Å². The Balaban J connectivity index is 2.25. The second-order valence-electron chi connectivity index (χ2n) is 4.90. The molecule has 17 heavy (non-hydrogen) atoms. The van der Waals surface area contributed by atoms with E-state index in [2.05, 4.69) is 43.2 Å². The highest BCUT2D eigenvalue weighted by molar-refractivity contribution is 7.99. The van der Waals surface area contributed by atoms with Gasteiger partial charge in [0.25, 0.3) is 0 Å². The van der Waals surface area contributed by atoms with Gasteiger partial charge in [-0.1, -0.05) is 6.07 Å². The van der Waals surface area contributed by atoms with Gasteiger partial charge in [-0.3, -0.25) is 0 Å². The molecule has 94 valence electrons. The number of nitrogens with one attached hydrogen (secondary N) is 1. The van der Waals surface area contributed by atoms with Crippen molar-refractivity contribution in [1.29, 1.82) is 0 Å². The minimum Gasteiger partial charge on any atom is -0.370 e. The molecule has 1 atom stereocenters. The van der Waals surface area contributed by atoms with E-state index in [1.807, 2.05) is 18.8 Å². The van der Waals surface area contributed by atoms with E-state index in [-0.39, 0.29) is 0 Å². The summed E-state index contributed by atoms with van der Waals surface area (Å²) in [6.45, 7) is 5.50. The molecule has 1 aliphatic heterocycles. The first-order valence-corrected chi connectivity index (χ1v) is 7.23. The third-order valence-corrected chi connectivity index (χ3v) is 4.85. The number of hydrogen-bond acceptors (Lipinski definition) is 3. The molecule has 0 fully saturated rings. The fourth-order valence-corrected chi connectivity index (χ4v) is 3.84. The van der Waals surface area contributed by atoms with Gasteiger partial charge in [0.05, 0.1) is 5.69 Å². The lowest BCUT2D eigenvalue weighted by Gasteiger charge is -2.36. The molecule has 0 saturated heterocycles. The highest BCUT2D eigenvalue weighted by Crippen LogP contribution is 2.40. The van der Waals surface area contributed by atoms with Gasteiger partial charge in [0.1, 0.15) is 0 Å². The van der Waals surface area contributed by atoms with E-state index in [0.717, 1.165) is 6.54 Å². The summed E-state index contributed by atoms with van der Waals surface area (Å²) in [4.78, 5) is 3.93. The van der Waals surface area contributed by atoms with Gasteiger partial charge in [0, 0.05) is 23.7 Å². The molecule has 3 heteroatoms. The lowest BCUT2D eigenvalue weighted by molar-refractivity contribution is 0.598. The van der Waals surface area contributed by atoms with E-state index in [9.17, 15) is 0 Å². The van der Waals surface area contributed by atoms with Crippen molar-refractivity contribution in [2.75, 3.05) is 31.3 Å². The van der Waals surface area contributed by atoms with Crippen LogP contribution in [0.4, 0.5) is 5.69 Å². The Morgan fingerprint density at radius 1 is 1.41 bits per heavy atom. The van der Waals surface area contributed by atoms with E-state index in [1.165, 1.54) is 33.9 Å². The molecule has 1 aromatic rings. The Morgan fingerprint density at radius 3 is 2.88 bits per heavy atom. The van der Waals surface area contributed by atoms with Gasteiger partial charge in [-0.2, -0.15) is 0 Å². The molecule has 1 N–H and O–H groups in total. The van der Waals surface area contributed by atoms with E-state index in [1.54, 1.807) is 0 Å². The molecule has 1 heterocycles. The maximum atomic E-state index is 3.25. The molecule has 0 radical (unpaired) electrons. The number of aryl methyl sites for hydroxylation is 2. The van der Waals surface area contributed by atoms with Crippen molar-refractivity contribution in [2.45, 2.75) is 31.2 Å². The molecule has 1 unspecified atom stereocenters. The second-order valence-corrected chi connectivity index (χ2v) is 5.93. The van der Waals surface area contributed by atoms with Crippen LogP contribution in [0.5, 0.6) is 0 Å². The van der Waals surface area contributed by atoms with Crippen LogP contribution in [0.15, 0.2) is 17.0 Å². The lowest BCUT2D eigenvalue weighted by Crippen LogP contribution is -2.38. The monoisotopic (exact) mass is 250 g/mol. The van der Waals surface area contributed by atoms with Gasteiger partial charge in [0.2, 0.25) is 0 Å². The average Bonchev–Trinajstić information content (AvgIpc) is 2.29. The fraction of sp³-hybridized carbons (Fsp3) is 0.571. The van der Waals surface area contributed by atoms with Crippen LogP contribution in [0, 0.1) is 13.8 Å². The second kappa shape index (κ2) is 5.32. The van der Waals surface area contributed by atoms with Crippen molar-refractivity contribution >= 4 is 17.4 Å². The third-order valence-electron chi connectivity index (χ3n) is 3.47. The predicted molar refractivity (Wildman–Crippen MR) is 77.4 cm³/mol. The summed E-state index contributed by atoms with van der Waals surface area (Å²) in [6, 6.07) is 5.26. The molecule has 0 aromatic heterocycles. The van der Waals surface area contributed by atoms with Crippen LogP contribution in [-0.2, 0) is 0 Å². The Bertz CT molecular complexity index is 403. The van der Waals surface area contributed by atoms with E-state index in [4.69, 9.17) is 0 Å². The number of anilines is 1. The Morgan fingerprint density at radius 2 is 2.18 bits per heavy atom. The minimum atomic E-state index is 0.654. The van der Waals surface area contributed by atoms with Gasteiger partial charge in [0.15, 0.2) is 0 Å². The van der Waals surface area contributed by atoms with Crippen molar-refractivity contribution in [1.82, 2.24) is 5.32 Å². The summed E-state index contributed by atoms with van der Waals surface area (Å²) in [5.74, 6) is 1.20. The molecule has 0 spiro atoms. The van der Waals surface area contributed by atoms with Crippen LogP contribution in [-0.4, -0.2) is 32.4 Å². The summed E-state index contributed by atoms with van der Waals surface area (Å²) in [5.41, 5.74) is 4.20. The molecular weight excluding hydrogens is 228 g/mol. The van der Waals surface area contributed by atoms with Crippen LogP contribution in [0.25, 0.3) is 0 Å². The average molecular weight is 250 g/mol. The smallest absolute Gasteiger partial charge is 0.0509 e. The maximum Gasteiger partial charge on any atom is 0.0509 e. The van der Waals surface area contributed by atoms with Crippen LogP contribution in [0.2, 0.25) is 0 Å². The molecular formula is C14H22N2S. The topological polar surface area (TPSA) is 15.3 Å². The zero-order valence-corrected chi connectivity index (χ0v) is 12.0. The summed E-state index contributed by atoms with van der Waals surface area (Å²) < 4.78 is 0. The van der Waals surface area contributed by atoms with Crippen LogP contribution < -0.4 is 10.2 Å². The summed E-state index contributed by atoms with van der Waals surface area (Å²) in [7, 11) is 4.26. The zero-order valence-electron chi connectivity index (χ0n) is 11.2. The van der Waals surface area contributed by atoms with E-state index < -0.39 is 0 Å². The zero-order chi connectivity index (χ0) is 12.4. The first-order valence-electron chi connectivity index (χ1n) is 6.25. The molecule has 0 amide bonds. The Labute approximate surface area is 109 Å². The van der Waals surface area contributed by atoms with Gasteiger partial charge >= 0.3 is 0 Å². The number of benzene rings is 1. The third kappa shape index (κ3) is 2.61. The molecule has 0 bridgehead atoms. The highest BCUT2D eigenvalue weighted by Gasteiger charge is 2.24. The number of nitrogens with zero attached hydrogens (tertiary/aromatic N) is 1. The van der Waals surface area contributed by atoms with Gasteiger partial charge in [-0.05, 0) is 51.1 Å². The molecule has 0 saturated carbocycles. The van der Waals surface area contributed by atoms with Crippen LogP contribution in [0.3, 0.4) is 0 Å². The highest BCUT2D eigenvalue weighted by atomic mass is 32.2. The molecule has 1 aromatic carbocycles. The molecule has 0 aliphatic carbocycles. The summed E-state index contributed by atoms with van der Waals surface area (Å²) >= 11 is 2.02. The molecule has 1 aliphatic rings. The predicted octanol–water partition coefficient (Wildman–Crippen LogP) is 2.82. The number of hydrogen-bond donors (Lipinski definition) is 1. The van der Waals surface area contributed by atoms with E-state index in [0.29, 0.717) is 6.04 Å². The summed E-state index contributed by atoms with van der Waals surface area (Å²) in [6.07, 6.45) is 1.21. The normalized spacial score (nSPS) is 19.3. The Kier molecular flexibility index (Phi) is 4.00. The Hall–Kier alpha value is -0.670. The van der Waals surface area contributed by atoms with Crippen molar-refractivity contribution in [3.8, 4) is 0 Å². The standard InChI is InChI=1S/C14H22N2S/c1-10-7-11(2)14-13(8-10)16(4)12(9-17-14)5-6-15-3/h7-8,12,15H,5-6,9H2,1-4H3. The lowest BCUT2D eigenvalue weighted by atomic mass is 10.1. The van der Waals surface area contributed by atoms with E-state index >= 15 is 0 Å². The van der Waals surface area contributed by atoms with Crippen molar-refractivity contribution in [3.05, 3.63) is 23.3 Å². The number of rotatable bonds is 3. The fourth-order valence-electron chi connectivity index (χ4n) is 2.46. The first-order chi connectivity index (χ1) is 8.13. The number of fused-ring (bicyclic) bond motifs is 1. The molecule has 2 rings (SSSR count). The van der Waals surface area contributed by atoms with Crippen LogP contribution in [0.1, 0.15) is 17.5 Å². The van der Waals surface area contributed by atoms with Gasteiger partial charge < -0.3 is 10.2 Å². The van der Waals surface area contributed by atoms with Crippen molar-refractivity contribution < 1.29 is 0 Å². The number of thioether (sulfide) groups is 1.